The highest BCUT2D eigenvalue weighted by Crippen LogP contribution is 2.05. The molecule has 1 atom stereocenters. The summed E-state index contributed by atoms with van der Waals surface area (Å²) >= 11 is 0. The minimum absolute atomic E-state index is 0.0907. The van der Waals surface area contributed by atoms with Crippen LogP contribution in [0.2, 0.25) is 0 Å². The lowest BCUT2D eigenvalue weighted by molar-refractivity contribution is -0.139. The van der Waals surface area contributed by atoms with Gasteiger partial charge in [0, 0.05) is 5.56 Å². The Balaban J connectivity index is 2.94. The second-order valence-electron chi connectivity index (χ2n) is 3.35. The van der Waals surface area contributed by atoms with Crippen LogP contribution in [0, 0.1) is 0 Å². The molecule has 7 nitrogen and oxygen atoms in total. The van der Waals surface area contributed by atoms with E-state index in [0.29, 0.717) is 0 Å². The number of sulfonamides is 1. The fourth-order valence-electron chi connectivity index (χ4n) is 1.14. The van der Waals surface area contributed by atoms with Gasteiger partial charge in [-0.2, -0.15) is 4.72 Å². The zero-order valence-electron chi connectivity index (χ0n) is 9.11. The molecule has 1 unspecified atom stereocenters. The molecule has 0 saturated carbocycles. The first-order chi connectivity index (χ1) is 8.38. The Labute approximate surface area is 103 Å². The maximum Gasteiger partial charge on any atom is 0.324 e. The number of carbonyl (C=O) groups is 2. The Hall–Kier alpha value is -1.77. The molecule has 18 heavy (non-hydrogen) atoms. The third-order valence-corrected chi connectivity index (χ3v) is 3.35. The first-order valence-corrected chi connectivity index (χ1v) is 6.32. The molecule has 1 rings (SSSR count). The number of aliphatic hydroxyl groups excluding tert-OH is 1. The molecule has 0 aliphatic heterocycles. The van der Waals surface area contributed by atoms with Crippen molar-refractivity contribution in [3.05, 3.63) is 35.9 Å². The SMILES string of the molecule is O=C(O)C(CO)NS(=O)(=O)C(=O)c1ccccc1. The number of carboxylic acids is 1. The number of carboxylic acid groups (broad SMARTS) is 1. The van der Waals surface area contributed by atoms with E-state index in [9.17, 15) is 18.0 Å². The van der Waals surface area contributed by atoms with Crippen molar-refractivity contribution < 1.29 is 28.2 Å². The summed E-state index contributed by atoms with van der Waals surface area (Å²) in [5, 5.41) is 16.0. The third kappa shape index (κ3) is 3.36. The van der Waals surface area contributed by atoms with E-state index in [-0.39, 0.29) is 5.56 Å². The fraction of sp³-hybridized carbons (Fsp3) is 0.200. The van der Waals surface area contributed by atoms with E-state index in [0.717, 1.165) is 0 Å². The normalized spacial score (nSPS) is 12.9. The highest BCUT2D eigenvalue weighted by atomic mass is 32.2. The summed E-state index contributed by atoms with van der Waals surface area (Å²) in [5.41, 5.74) is -0.0907. The second kappa shape index (κ2) is 5.71. The summed E-state index contributed by atoms with van der Waals surface area (Å²) in [7, 11) is -4.50. The summed E-state index contributed by atoms with van der Waals surface area (Å²) in [4.78, 5) is 22.2. The van der Waals surface area contributed by atoms with Gasteiger partial charge < -0.3 is 10.2 Å². The Bertz CT molecular complexity index is 539. The van der Waals surface area contributed by atoms with Gasteiger partial charge in [-0.1, -0.05) is 30.3 Å². The summed E-state index contributed by atoms with van der Waals surface area (Å²) in [6, 6.07) is 5.38. The van der Waals surface area contributed by atoms with E-state index in [1.165, 1.54) is 24.3 Å². The number of hydrogen-bond acceptors (Lipinski definition) is 5. The van der Waals surface area contributed by atoms with Gasteiger partial charge in [0.15, 0.2) is 0 Å². The average molecular weight is 273 g/mol. The first kappa shape index (κ1) is 14.3. The summed E-state index contributed by atoms with van der Waals surface area (Å²) in [6.45, 7) is -0.948. The predicted octanol–water partition coefficient (Wildman–Crippen LogP) is -0.808. The topological polar surface area (TPSA) is 121 Å². The molecule has 8 heteroatoms. The molecular weight excluding hydrogens is 262 g/mol. The first-order valence-electron chi connectivity index (χ1n) is 4.84. The molecule has 1 aromatic rings. The average Bonchev–Trinajstić information content (AvgIpc) is 2.35. The molecule has 0 radical (unpaired) electrons. The monoisotopic (exact) mass is 273 g/mol. The van der Waals surface area contributed by atoms with Crippen LogP contribution in [0.25, 0.3) is 0 Å². The lowest BCUT2D eigenvalue weighted by atomic mass is 10.2. The smallest absolute Gasteiger partial charge is 0.324 e. The van der Waals surface area contributed by atoms with Gasteiger partial charge in [-0.15, -0.1) is 0 Å². The Kier molecular flexibility index (Phi) is 4.54. The molecule has 1 aromatic carbocycles. The molecule has 98 valence electrons. The maximum absolute atomic E-state index is 11.6. The van der Waals surface area contributed by atoms with Crippen LogP contribution in [0.5, 0.6) is 0 Å². The number of carbonyl (C=O) groups excluding carboxylic acids is 1. The molecule has 0 aromatic heterocycles. The highest BCUT2D eigenvalue weighted by Gasteiger charge is 2.29. The van der Waals surface area contributed by atoms with E-state index in [1.54, 1.807) is 10.8 Å². The quantitative estimate of drug-likeness (QED) is 0.645. The van der Waals surface area contributed by atoms with Crippen LogP contribution >= 0.6 is 0 Å². The molecule has 0 heterocycles. The van der Waals surface area contributed by atoms with Crippen LogP contribution in [0.4, 0.5) is 0 Å². The minimum atomic E-state index is -4.50. The highest BCUT2D eigenvalue weighted by molar-refractivity contribution is 8.05. The molecule has 3 N–H and O–H groups in total. The summed E-state index contributed by atoms with van der Waals surface area (Å²) < 4.78 is 24.8. The zero-order valence-corrected chi connectivity index (χ0v) is 9.92. The lowest BCUT2D eigenvalue weighted by Gasteiger charge is -2.11. The van der Waals surface area contributed by atoms with Crippen molar-refractivity contribution >= 4 is 21.1 Å². The number of benzene rings is 1. The van der Waals surface area contributed by atoms with Gasteiger partial charge in [0.25, 0.3) is 15.1 Å². The van der Waals surface area contributed by atoms with Crippen LogP contribution in [-0.2, 0) is 14.8 Å². The zero-order chi connectivity index (χ0) is 13.8. The predicted molar refractivity (Wildman–Crippen MR) is 61.3 cm³/mol. The summed E-state index contributed by atoms with van der Waals surface area (Å²) in [5.74, 6) is -1.57. The van der Waals surface area contributed by atoms with Crippen molar-refractivity contribution in [2.24, 2.45) is 0 Å². The molecular formula is C10H11NO6S. The van der Waals surface area contributed by atoms with Gasteiger partial charge in [0.2, 0.25) is 0 Å². The fourth-order valence-corrected chi connectivity index (χ4v) is 2.24. The molecule has 0 saturated heterocycles. The van der Waals surface area contributed by atoms with E-state index in [4.69, 9.17) is 10.2 Å². The van der Waals surface area contributed by atoms with Crippen molar-refractivity contribution in [2.75, 3.05) is 6.61 Å². The van der Waals surface area contributed by atoms with E-state index >= 15 is 0 Å². The van der Waals surface area contributed by atoms with Crippen molar-refractivity contribution in [1.82, 2.24) is 4.72 Å². The third-order valence-electron chi connectivity index (χ3n) is 2.03. The van der Waals surface area contributed by atoms with Crippen LogP contribution in [0.1, 0.15) is 10.4 Å². The molecule has 0 amide bonds. The number of rotatable bonds is 5. The minimum Gasteiger partial charge on any atom is -0.480 e. The number of hydrogen-bond donors (Lipinski definition) is 3. The van der Waals surface area contributed by atoms with Crippen LogP contribution < -0.4 is 4.72 Å². The van der Waals surface area contributed by atoms with Crippen LogP contribution in [0.3, 0.4) is 0 Å². The molecule has 0 fully saturated rings. The molecule has 0 bridgehead atoms. The van der Waals surface area contributed by atoms with Gasteiger partial charge >= 0.3 is 5.97 Å². The van der Waals surface area contributed by atoms with Gasteiger partial charge in [-0.3, -0.25) is 9.59 Å². The maximum atomic E-state index is 11.6. The largest absolute Gasteiger partial charge is 0.480 e. The standard InChI is InChI=1S/C10H11NO6S/c12-6-8(9(13)14)11-18(16,17)10(15)7-4-2-1-3-5-7/h1-5,8,11-12H,6H2,(H,13,14). The van der Waals surface area contributed by atoms with Gasteiger partial charge in [-0.05, 0) is 0 Å². The van der Waals surface area contributed by atoms with Crippen molar-refractivity contribution in [3.63, 3.8) is 0 Å². The van der Waals surface area contributed by atoms with E-state index < -0.39 is 33.8 Å². The van der Waals surface area contributed by atoms with E-state index in [1.807, 2.05) is 0 Å². The van der Waals surface area contributed by atoms with Gasteiger partial charge in [0.1, 0.15) is 6.04 Å². The van der Waals surface area contributed by atoms with Crippen molar-refractivity contribution in [2.45, 2.75) is 6.04 Å². The van der Waals surface area contributed by atoms with Gasteiger partial charge in [0.05, 0.1) is 6.61 Å². The van der Waals surface area contributed by atoms with Crippen LogP contribution in [-0.4, -0.2) is 42.4 Å². The Morgan fingerprint density at radius 3 is 2.22 bits per heavy atom. The van der Waals surface area contributed by atoms with Crippen LogP contribution in [0.15, 0.2) is 30.3 Å². The molecule has 0 aliphatic carbocycles. The number of aliphatic carboxylic acids is 1. The second-order valence-corrected chi connectivity index (χ2v) is 4.96. The Morgan fingerprint density at radius 1 is 1.22 bits per heavy atom. The van der Waals surface area contributed by atoms with E-state index in [2.05, 4.69) is 0 Å². The van der Waals surface area contributed by atoms with Crippen molar-refractivity contribution in [1.29, 1.82) is 0 Å². The number of aliphatic hydroxyl groups is 1. The Morgan fingerprint density at radius 2 is 1.78 bits per heavy atom. The molecule has 0 spiro atoms. The lowest BCUT2D eigenvalue weighted by Crippen LogP contribution is -2.45. The van der Waals surface area contributed by atoms with Gasteiger partial charge in [-0.25, -0.2) is 8.42 Å². The summed E-state index contributed by atoms with van der Waals surface area (Å²) in [6.07, 6.45) is 0. The van der Waals surface area contributed by atoms with Crippen molar-refractivity contribution in [3.8, 4) is 0 Å². The molecule has 0 aliphatic rings. The number of nitrogens with one attached hydrogen (secondary N) is 1.